The lowest BCUT2D eigenvalue weighted by Crippen LogP contribution is -2.40. The van der Waals surface area contributed by atoms with Crippen molar-refractivity contribution >= 4 is 22.6 Å². The van der Waals surface area contributed by atoms with Crippen LogP contribution in [0.25, 0.3) is 10.9 Å². The minimum absolute atomic E-state index is 0.00699. The molecule has 2 atom stereocenters. The summed E-state index contributed by atoms with van der Waals surface area (Å²) in [7, 11) is 0. The van der Waals surface area contributed by atoms with E-state index in [1.165, 1.54) is 19.3 Å². The molecule has 0 radical (unpaired) electrons. The number of hydrogen-bond donors (Lipinski definition) is 1. The van der Waals surface area contributed by atoms with E-state index in [0.29, 0.717) is 11.6 Å². The third-order valence-corrected chi connectivity index (χ3v) is 6.26. The van der Waals surface area contributed by atoms with Crippen molar-refractivity contribution in [3.63, 3.8) is 0 Å². The largest absolute Gasteiger partial charge is 0.354 e. The number of para-hydroxylation sites is 1. The second-order valence-electron chi connectivity index (χ2n) is 8.14. The Hall–Kier alpha value is -2.88. The first kappa shape index (κ1) is 20.4. The van der Waals surface area contributed by atoms with Gasteiger partial charge in [0, 0.05) is 18.0 Å². The Labute approximate surface area is 179 Å². The SMILES string of the molecule is CCC(NC(=O)c1cc(N2CCCC[C@@H]2CC)nc2ccccc12)c1ccccc1. The van der Waals surface area contributed by atoms with Crippen molar-refractivity contribution in [2.45, 2.75) is 58.0 Å². The molecular weight excluding hydrogens is 370 g/mol. The Morgan fingerprint density at radius 3 is 2.63 bits per heavy atom. The number of benzene rings is 2. The third kappa shape index (κ3) is 4.18. The lowest BCUT2D eigenvalue weighted by molar-refractivity contribution is 0.0937. The minimum atomic E-state index is -0.0318. The Morgan fingerprint density at radius 1 is 1.10 bits per heavy atom. The van der Waals surface area contributed by atoms with Gasteiger partial charge < -0.3 is 10.2 Å². The fourth-order valence-corrected chi connectivity index (χ4v) is 4.57. The van der Waals surface area contributed by atoms with E-state index in [4.69, 9.17) is 4.98 Å². The monoisotopic (exact) mass is 401 g/mol. The number of nitrogens with zero attached hydrogens (tertiary/aromatic N) is 2. The van der Waals surface area contributed by atoms with Gasteiger partial charge >= 0.3 is 0 Å². The molecule has 1 unspecified atom stereocenters. The maximum atomic E-state index is 13.4. The van der Waals surface area contributed by atoms with Crippen molar-refractivity contribution in [1.82, 2.24) is 10.3 Å². The second kappa shape index (κ2) is 9.29. The average molecular weight is 402 g/mol. The lowest BCUT2D eigenvalue weighted by Gasteiger charge is -2.36. The van der Waals surface area contributed by atoms with Crippen molar-refractivity contribution in [3.8, 4) is 0 Å². The van der Waals surface area contributed by atoms with E-state index >= 15 is 0 Å². The lowest BCUT2D eigenvalue weighted by atomic mass is 9.99. The van der Waals surface area contributed by atoms with Crippen molar-refractivity contribution in [3.05, 3.63) is 71.8 Å². The molecule has 1 saturated heterocycles. The molecule has 3 aromatic rings. The van der Waals surface area contributed by atoms with Crippen molar-refractivity contribution < 1.29 is 4.79 Å². The summed E-state index contributed by atoms with van der Waals surface area (Å²) in [4.78, 5) is 20.8. The van der Waals surface area contributed by atoms with Crippen LogP contribution in [0.4, 0.5) is 5.82 Å². The first-order chi connectivity index (χ1) is 14.7. The smallest absolute Gasteiger partial charge is 0.252 e. The molecule has 156 valence electrons. The van der Waals surface area contributed by atoms with Crippen molar-refractivity contribution in [1.29, 1.82) is 0 Å². The van der Waals surface area contributed by atoms with Crippen LogP contribution in [-0.2, 0) is 0 Å². The van der Waals surface area contributed by atoms with Crippen LogP contribution in [0.5, 0.6) is 0 Å². The number of rotatable bonds is 6. The van der Waals surface area contributed by atoms with E-state index in [1.807, 2.05) is 48.5 Å². The van der Waals surface area contributed by atoms with Crippen LogP contribution in [0.15, 0.2) is 60.7 Å². The Bertz CT molecular complexity index is 1000. The number of hydrogen-bond acceptors (Lipinski definition) is 3. The summed E-state index contributed by atoms with van der Waals surface area (Å²) in [5, 5.41) is 4.17. The first-order valence-corrected chi connectivity index (χ1v) is 11.2. The molecule has 1 amide bonds. The molecule has 1 aliphatic heterocycles. The number of nitrogens with one attached hydrogen (secondary N) is 1. The van der Waals surface area contributed by atoms with E-state index in [9.17, 15) is 4.79 Å². The number of amides is 1. The number of aromatic nitrogens is 1. The van der Waals surface area contributed by atoms with Gasteiger partial charge in [-0.1, -0.05) is 62.4 Å². The van der Waals surface area contributed by atoms with E-state index in [0.717, 1.165) is 41.7 Å². The summed E-state index contributed by atoms with van der Waals surface area (Å²) in [6, 6.07) is 20.7. The summed E-state index contributed by atoms with van der Waals surface area (Å²) in [5.41, 5.74) is 2.73. The molecule has 2 aromatic carbocycles. The predicted octanol–water partition coefficient (Wildman–Crippen LogP) is 5.88. The zero-order chi connectivity index (χ0) is 20.9. The number of anilines is 1. The summed E-state index contributed by atoms with van der Waals surface area (Å²) in [6.45, 7) is 5.35. The molecule has 1 aliphatic rings. The van der Waals surface area contributed by atoms with Gasteiger partial charge in [-0.15, -0.1) is 0 Å². The fourth-order valence-electron chi connectivity index (χ4n) is 4.57. The van der Waals surface area contributed by atoms with Crippen LogP contribution in [0.2, 0.25) is 0 Å². The highest BCUT2D eigenvalue weighted by atomic mass is 16.1. The van der Waals surface area contributed by atoms with Gasteiger partial charge in [0.1, 0.15) is 5.82 Å². The molecule has 1 aromatic heterocycles. The predicted molar refractivity (Wildman–Crippen MR) is 124 cm³/mol. The van der Waals surface area contributed by atoms with Gasteiger partial charge in [0.15, 0.2) is 0 Å². The molecule has 1 fully saturated rings. The zero-order valence-electron chi connectivity index (χ0n) is 18.0. The molecule has 0 bridgehead atoms. The maximum Gasteiger partial charge on any atom is 0.252 e. The summed E-state index contributed by atoms with van der Waals surface area (Å²) < 4.78 is 0. The molecule has 2 heterocycles. The van der Waals surface area contributed by atoms with Crippen LogP contribution in [0.3, 0.4) is 0 Å². The van der Waals surface area contributed by atoms with Crippen molar-refractivity contribution in [2.24, 2.45) is 0 Å². The van der Waals surface area contributed by atoms with Gasteiger partial charge in [0.25, 0.3) is 5.91 Å². The number of carbonyl (C=O) groups excluding carboxylic acids is 1. The van der Waals surface area contributed by atoms with Gasteiger partial charge in [-0.3, -0.25) is 4.79 Å². The molecule has 1 N–H and O–H groups in total. The standard InChI is InChI=1S/C26H31N3O/c1-3-20-14-10-11-17-29(20)25-18-22(21-15-8-9-16-24(21)27-25)26(30)28-23(4-2)19-12-6-5-7-13-19/h5-9,12-13,15-16,18,20,23H,3-4,10-11,14,17H2,1-2H3,(H,28,30)/t20-,23?/m0/s1. The Kier molecular flexibility index (Phi) is 6.32. The average Bonchev–Trinajstić information content (AvgIpc) is 2.82. The van der Waals surface area contributed by atoms with Gasteiger partial charge in [-0.25, -0.2) is 4.98 Å². The first-order valence-electron chi connectivity index (χ1n) is 11.2. The molecular formula is C26H31N3O. The highest BCUT2D eigenvalue weighted by Crippen LogP contribution is 2.29. The Morgan fingerprint density at radius 2 is 1.87 bits per heavy atom. The highest BCUT2D eigenvalue weighted by molar-refractivity contribution is 6.07. The van der Waals surface area contributed by atoms with Gasteiger partial charge in [-0.05, 0) is 49.8 Å². The van der Waals surface area contributed by atoms with E-state index in [2.05, 4.69) is 36.2 Å². The molecule has 4 heteroatoms. The van der Waals surface area contributed by atoms with Crippen LogP contribution in [0, 0.1) is 0 Å². The number of pyridine rings is 1. The van der Waals surface area contributed by atoms with Gasteiger partial charge in [0.2, 0.25) is 0 Å². The van der Waals surface area contributed by atoms with Crippen LogP contribution < -0.4 is 10.2 Å². The Balaban J connectivity index is 1.71. The normalized spacial score (nSPS) is 17.7. The third-order valence-electron chi connectivity index (χ3n) is 6.26. The van der Waals surface area contributed by atoms with Crippen LogP contribution >= 0.6 is 0 Å². The molecule has 4 nitrogen and oxygen atoms in total. The van der Waals surface area contributed by atoms with E-state index in [-0.39, 0.29) is 11.9 Å². The summed E-state index contributed by atoms with van der Waals surface area (Å²) >= 11 is 0. The fraction of sp³-hybridized carbons (Fsp3) is 0.385. The topological polar surface area (TPSA) is 45.2 Å². The molecule has 30 heavy (non-hydrogen) atoms. The number of carbonyl (C=O) groups is 1. The second-order valence-corrected chi connectivity index (χ2v) is 8.14. The van der Waals surface area contributed by atoms with Crippen LogP contribution in [-0.4, -0.2) is 23.5 Å². The zero-order valence-corrected chi connectivity index (χ0v) is 18.0. The number of fused-ring (bicyclic) bond motifs is 1. The summed E-state index contributed by atoms with van der Waals surface area (Å²) in [5.74, 6) is 0.897. The van der Waals surface area contributed by atoms with Gasteiger partial charge in [-0.2, -0.15) is 0 Å². The number of piperidine rings is 1. The minimum Gasteiger partial charge on any atom is -0.354 e. The molecule has 0 aliphatic carbocycles. The maximum absolute atomic E-state index is 13.4. The molecule has 4 rings (SSSR count). The van der Waals surface area contributed by atoms with Gasteiger partial charge in [0.05, 0.1) is 17.1 Å². The quantitative estimate of drug-likeness (QED) is 0.560. The van der Waals surface area contributed by atoms with Crippen LogP contribution in [0.1, 0.15) is 67.9 Å². The van der Waals surface area contributed by atoms with Crippen molar-refractivity contribution in [2.75, 3.05) is 11.4 Å². The summed E-state index contributed by atoms with van der Waals surface area (Å²) in [6.07, 6.45) is 5.58. The molecule has 0 spiro atoms. The molecule has 0 saturated carbocycles. The highest BCUT2D eigenvalue weighted by Gasteiger charge is 2.24. The van der Waals surface area contributed by atoms with E-state index in [1.54, 1.807) is 0 Å². The van der Waals surface area contributed by atoms with E-state index < -0.39 is 0 Å².